The van der Waals surface area contributed by atoms with Gasteiger partial charge in [-0.15, -0.1) is 0 Å². The fourth-order valence-corrected chi connectivity index (χ4v) is 1.79. The number of rotatable bonds is 2. The summed E-state index contributed by atoms with van der Waals surface area (Å²) < 4.78 is 1.28. The Morgan fingerprint density at radius 3 is 2.76 bits per heavy atom. The number of carboxylic acid groups (broad SMARTS) is 1. The third-order valence-electron chi connectivity index (χ3n) is 2.08. The zero-order valence-corrected chi connectivity index (χ0v) is 10.0. The van der Waals surface area contributed by atoms with E-state index in [0.717, 1.165) is 0 Å². The van der Waals surface area contributed by atoms with Gasteiger partial charge in [-0.1, -0.05) is 0 Å². The second-order valence-electron chi connectivity index (χ2n) is 3.26. The van der Waals surface area contributed by atoms with E-state index in [-0.39, 0.29) is 22.7 Å². The summed E-state index contributed by atoms with van der Waals surface area (Å²) in [5.41, 5.74) is 0.837. The van der Waals surface area contributed by atoms with E-state index in [1.807, 2.05) is 0 Å². The van der Waals surface area contributed by atoms with Crippen LogP contribution in [-0.4, -0.2) is 30.4 Å². The van der Waals surface area contributed by atoms with E-state index < -0.39 is 5.97 Å². The van der Waals surface area contributed by atoms with Crippen LogP contribution in [0, 0.1) is 0 Å². The molecule has 0 bridgehead atoms. The first-order valence-corrected chi connectivity index (χ1v) is 5.19. The Morgan fingerprint density at radius 2 is 2.18 bits per heavy atom. The molecule has 0 saturated heterocycles. The first kappa shape index (κ1) is 11.8. The summed E-state index contributed by atoms with van der Waals surface area (Å²) >= 11 is 3.11. The van der Waals surface area contributed by atoms with Gasteiger partial charge in [-0.05, 0) is 0 Å². The Bertz CT molecular complexity index is 622. The monoisotopic (exact) mass is 326 g/mol. The molecule has 2 aromatic rings. The SMILES string of the molecule is CC(=O)Nc1ccc2c(nn[n]2[Ag])c1C(=O)O. The van der Waals surface area contributed by atoms with Crippen molar-refractivity contribution in [3.63, 3.8) is 0 Å². The van der Waals surface area contributed by atoms with Crippen LogP contribution in [0.4, 0.5) is 5.69 Å². The molecule has 8 heteroatoms. The summed E-state index contributed by atoms with van der Waals surface area (Å²) in [7, 11) is 0. The molecule has 1 amide bonds. The van der Waals surface area contributed by atoms with Crippen molar-refractivity contribution >= 4 is 28.6 Å². The van der Waals surface area contributed by atoms with E-state index in [1.54, 1.807) is 6.07 Å². The van der Waals surface area contributed by atoms with Crippen LogP contribution in [0.1, 0.15) is 17.3 Å². The molecule has 0 unspecified atom stereocenters. The van der Waals surface area contributed by atoms with Crippen molar-refractivity contribution in [1.29, 1.82) is 0 Å². The fraction of sp³-hybridized carbons (Fsp3) is 0.111. The number of carboxylic acids is 1. The molecule has 92 valence electrons. The zero-order valence-electron chi connectivity index (χ0n) is 8.56. The Kier molecular flexibility index (Phi) is 2.97. The van der Waals surface area contributed by atoms with Crippen LogP contribution in [0.5, 0.6) is 0 Å². The number of hydrogen-bond acceptors (Lipinski definition) is 4. The summed E-state index contributed by atoms with van der Waals surface area (Å²) in [6, 6.07) is 3.11. The van der Waals surface area contributed by atoms with Crippen LogP contribution in [0.3, 0.4) is 0 Å². The van der Waals surface area contributed by atoms with E-state index in [1.165, 1.54) is 16.1 Å². The quantitative estimate of drug-likeness (QED) is 0.778. The van der Waals surface area contributed by atoms with Crippen molar-refractivity contribution < 1.29 is 36.0 Å². The Balaban J connectivity index is 2.73. The van der Waals surface area contributed by atoms with Crippen LogP contribution in [0.25, 0.3) is 11.0 Å². The van der Waals surface area contributed by atoms with Gasteiger partial charge in [0.25, 0.3) is 0 Å². The number of fused-ring (bicyclic) bond motifs is 1. The second kappa shape index (κ2) is 4.28. The number of carbonyl (C=O) groups is 2. The van der Waals surface area contributed by atoms with Gasteiger partial charge < -0.3 is 0 Å². The summed E-state index contributed by atoms with van der Waals surface area (Å²) in [5.74, 6) is -1.52. The molecule has 1 aromatic heterocycles. The molecular formula is C9H7AgN4O3. The van der Waals surface area contributed by atoms with Gasteiger partial charge in [0.05, 0.1) is 0 Å². The van der Waals surface area contributed by atoms with Gasteiger partial charge in [-0.25, -0.2) is 0 Å². The minimum absolute atomic E-state index is 0.0806. The number of carbonyl (C=O) groups excluding carboxylic acids is 1. The average Bonchev–Trinajstić information content (AvgIpc) is 2.58. The van der Waals surface area contributed by atoms with E-state index in [2.05, 4.69) is 37.0 Å². The minimum atomic E-state index is -1.17. The van der Waals surface area contributed by atoms with E-state index in [0.29, 0.717) is 5.52 Å². The van der Waals surface area contributed by atoms with E-state index in [4.69, 9.17) is 5.11 Å². The molecule has 0 spiro atoms. The van der Waals surface area contributed by atoms with Crippen molar-refractivity contribution in [2.45, 2.75) is 6.92 Å². The Hall–Kier alpha value is -1.70. The first-order valence-electron chi connectivity index (χ1n) is 4.52. The topological polar surface area (TPSA) is 97.1 Å². The van der Waals surface area contributed by atoms with Crippen molar-refractivity contribution in [2.24, 2.45) is 0 Å². The maximum atomic E-state index is 11.2. The fourth-order valence-electron chi connectivity index (χ4n) is 1.46. The van der Waals surface area contributed by atoms with Crippen molar-refractivity contribution in [3.8, 4) is 0 Å². The Morgan fingerprint density at radius 1 is 1.47 bits per heavy atom. The third-order valence-corrected chi connectivity index (χ3v) is 2.57. The third kappa shape index (κ3) is 2.07. The second-order valence-corrected chi connectivity index (χ2v) is 3.89. The molecule has 7 nitrogen and oxygen atoms in total. The summed E-state index contributed by atoms with van der Waals surface area (Å²) in [5, 5.41) is 19.0. The zero-order chi connectivity index (χ0) is 12.6. The van der Waals surface area contributed by atoms with Gasteiger partial charge in [-0.2, -0.15) is 0 Å². The molecule has 1 heterocycles. The molecule has 0 fully saturated rings. The van der Waals surface area contributed by atoms with Crippen LogP contribution in [0.15, 0.2) is 12.1 Å². The predicted octanol–water partition coefficient (Wildman–Crippen LogP) is 0.398. The number of hydrogen-bond donors (Lipinski definition) is 2. The molecule has 0 aliphatic heterocycles. The summed E-state index contributed by atoms with van der Waals surface area (Å²) in [6.07, 6.45) is 0. The summed E-state index contributed by atoms with van der Waals surface area (Å²) in [6.45, 7) is 1.30. The normalized spacial score (nSPS) is 10.5. The molecule has 17 heavy (non-hydrogen) atoms. The maximum absolute atomic E-state index is 11.2. The van der Waals surface area contributed by atoms with Gasteiger partial charge in [-0.3, -0.25) is 0 Å². The van der Waals surface area contributed by atoms with Gasteiger partial charge in [0.1, 0.15) is 0 Å². The van der Waals surface area contributed by atoms with Gasteiger partial charge in [0.15, 0.2) is 0 Å². The van der Waals surface area contributed by atoms with Gasteiger partial charge >= 0.3 is 108 Å². The standard InChI is InChI=1S/C9H8N4O3.Ag/c1-4(14)10-5-2-3-6-8(12-13-11-6)7(5)9(15)16;/h2-3H,1H3,(H3,10,11,12,13,14,15,16);/q;+1/p-1. The molecule has 0 atom stereocenters. The number of nitrogens with zero attached hydrogens (tertiary/aromatic N) is 3. The van der Waals surface area contributed by atoms with Crippen molar-refractivity contribution in [2.75, 3.05) is 5.32 Å². The van der Waals surface area contributed by atoms with Crippen molar-refractivity contribution in [1.82, 2.24) is 13.4 Å². The predicted molar refractivity (Wildman–Crippen MR) is 54.2 cm³/mol. The van der Waals surface area contributed by atoms with Gasteiger partial charge in [0, 0.05) is 0 Å². The number of amides is 1. The molecule has 0 aliphatic carbocycles. The van der Waals surface area contributed by atoms with Crippen LogP contribution < -0.4 is 5.32 Å². The number of anilines is 1. The molecule has 0 radical (unpaired) electrons. The molecule has 2 N–H and O–H groups in total. The number of nitrogens with one attached hydrogen (secondary N) is 1. The molecule has 0 saturated carbocycles. The number of aromatic nitrogens is 3. The molecule has 1 aromatic carbocycles. The number of aromatic carboxylic acids is 1. The first-order chi connectivity index (χ1) is 8.00. The van der Waals surface area contributed by atoms with Crippen LogP contribution >= 0.6 is 0 Å². The van der Waals surface area contributed by atoms with E-state index >= 15 is 0 Å². The van der Waals surface area contributed by atoms with E-state index in [9.17, 15) is 9.59 Å². The molecule has 0 aliphatic rings. The molecular weight excluding hydrogens is 320 g/mol. The van der Waals surface area contributed by atoms with Crippen molar-refractivity contribution in [3.05, 3.63) is 17.7 Å². The Labute approximate surface area is 108 Å². The van der Waals surface area contributed by atoms with Crippen LogP contribution in [-0.2, 0) is 26.1 Å². The summed E-state index contributed by atoms with van der Waals surface area (Å²) in [4.78, 5) is 22.2. The van der Waals surface area contributed by atoms with Crippen LogP contribution in [0.2, 0.25) is 0 Å². The average molecular weight is 327 g/mol. The van der Waals surface area contributed by atoms with Gasteiger partial charge in [0.2, 0.25) is 0 Å². The number of benzene rings is 1. The molecule has 2 rings (SSSR count).